The van der Waals surface area contributed by atoms with Crippen LogP contribution >= 0.6 is 0 Å². The molecule has 0 spiro atoms. The van der Waals surface area contributed by atoms with Crippen LogP contribution in [0.5, 0.6) is 0 Å². The molecular weight excluding hydrogens is 321 g/mol. The van der Waals surface area contributed by atoms with E-state index < -0.39 is 18.3 Å². The molecule has 0 aromatic heterocycles. The zero-order valence-electron chi connectivity index (χ0n) is 13.2. The van der Waals surface area contributed by atoms with Gasteiger partial charge in [0.15, 0.2) is 0 Å². The van der Waals surface area contributed by atoms with Crippen LogP contribution in [0.3, 0.4) is 0 Å². The number of aliphatic hydroxyl groups is 1. The largest absolute Gasteiger partial charge is 0.416 e. The van der Waals surface area contributed by atoms with Crippen molar-refractivity contribution < 1.29 is 23.1 Å². The molecule has 24 heavy (non-hydrogen) atoms. The molecule has 2 atom stereocenters. The highest BCUT2D eigenvalue weighted by atomic mass is 19.4. The van der Waals surface area contributed by atoms with Gasteiger partial charge in [-0.2, -0.15) is 13.2 Å². The number of benzene rings is 1. The van der Waals surface area contributed by atoms with Crippen molar-refractivity contribution in [1.82, 2.24) is 10.2 Å². The van der Waals surface area contributed by atoms with Crippen LogP contribution in [-0.4, -0.2) is 41.7 Å². The number of halogens is 3. The second-order valence-corrected chi connectivity index (χ2v) is 6.72. The molecule has 1 aliphatic heterocycles. The van der Waals surface area contributed by atoms with Gasteiger partial charge in [-0.1, -0.05) is 12.1 Å². The molecule has 1 heterocycles. The first-order valence-electron chi connectivity index (χ1n) is 8.15. The van der Waals surface area contributed by atoms with E-state index in [1.165, 1.54) is 12.1 Å². The maximum absolute atomic E-state index is 12.6. The molecule has 1 aromatic rings. The van der Waals surface area contributed by atoms with Gasteiger partial charge >= 0.3 is 6.18 Å². The van der Waals surface area contributed by atoms with E-state index in [1.54, 1.807) is 0 Å². The summed E-state index contributed by atoms with van der Waals surface area (Å²) in [6, 6.07) is 5.24. The Hall–Kier alpha value is -1.60. The van der Waals surface area contributed by atoms with Crippen LogP contribution < -0.4 is 5.32 Å². The van der Waals surface area contributed by atoms with Crippen LogP contribution in [0.4, 0.5) is 13.2 Å². The van der Waals surface area contributed by atoms with Crippen LogP contribution in [0.25, 0.3) is 0 Å². The fourth-order valence-electron chi connectivity index (χ4n) is 3.51. The summed E-state index contributed by atoms with van der Waals surface area (Å²) in [5.74, 6) is 0.587. The number of nitrogens with zero attached hydrogens (tertiary/aromatic N) is 1. The molecule has 1 aliphatic carbocycles. The molecule has 4 nitrogen and oxygen atoms in total. The first kappa shape index (κ1) is 17.2. The van der Waals surface area contributed by atoms with Crippen molar-refractivity contribution in [3.63, 3.8) is 0 Å². The molecule has 2 fully saturated rings. The third kappa shape index (κ3) is 4.08. The van der Waals surface area contributed by atoms with Gasteiger partial charge in [-0.15, -0.1) is 0 Å². The summed E-state index contributed by atoms with van der Waals surface area (Å²) in [5, 5.41) is 11.8. The zero-order chi connectivity index (χ0) is 17.3. The van der Waals surface area contributed by atoms with Crippen molar-refractivity contribution >= 4 is 5.91 Å². The van der Waals surface area contributed by atoms with Gasteiger partial charge in [0.05, 0.1) is 5.56 Å². The van der Waals surface area contributed by atoms with Crippen molar-refractivity contribution in [1.29, 1.82) is 0 Å². The fourth-order valence-corrected chi connectivity index (χ4v) is 3.51. The normalized spacial score (nSPS) is 25.0. The number of nitrogens with one attached hydrogen (secondary N) is 1. The first-order chi connectivity index (χ1) is 11.4. The minimum absolute atomic E-state index is 0.00611. The second-order valence-electron chi connectivity index (χ2n) is 6.72. The van der Waals surface area contributed by atoms with E-state index in [0.29, 0.717) is 24.9 Å². The summed E-state index contributed by atoms with van der Waals surface area (Å²) >= 11 is 0. The van der Waals surface area contributed by atoms with E-state index in [-0.39, 0.29) is 11.9 Å². The topological polar surface area (TPSA) is 52.6 Å². The summed E-state index contributed by atoms with van der Waals surface area (Å²) in [6.07, 6.45) is -2.00. The van der Waals surface area contributed by atoms with Crippen molar-refractivity contribution in [3.8, 4) is 0 Å². The average molecular weight is 342 g/mol. The summed E-state index contributed by atoms with van der Waals surface area (Å²) in [6.45, 7) is 1.52. The van der Waals surface area contributed by atoms with E-state index >= 15 is 0 Å². The van der Waals surface area contributed by atoms with Crippen LogP contribution in [0.15, 0.2) is 24.3 Å². The van der Waals surface area contributed by atoms with Gasteiger partial charge < -0.3 is 10.4 Å². The molecular formula is C17H21F3N2O2. The van der Waals surface area contributed by atoms with Gasteiger partial charge in [-0.25, -0.2) is 0 Å². The van der Waals surface area contributed by atoms with Gasteiger partial charge in [0.2, 0.25) is 5.91 Å². The first-order valence-corrected chi connectivity index (χ1v) is 8.15. The highest BCUT2D eigenvalue weighted by Gasteiger charge is 2.42. The molecule has 2 aliphatic rings. The zero-order valence-corrected chi connectivity index (χ0v) is 13.2. The molecule has 3 rings (SSSR count). The molecule has 1 saturated carbocycles. The van der Waals surface area contributed by atoms with Crippen LogP contribution in [-0.2, 0) is 17.5 Å². The van der Waals surface area contributed by atoms with E-state index in [2.05, 4.69) is 10.2 Å². The predicted octanol–water partition coefficient (Wildman–Crippen LogP) is 2.02. The second kappa shape index (κ2) is 6.72. The molecule has 0 bridgehead atoms. The lowest BCUT2D eigenvalue weighted by Crippen LogP contribution is -2.42. The Labute approximate surface area is 138 Å². The van der Waals surface area contributed by atoms with Gasteiger partial charge in [0, 0.05) is 25.7 Å². The number of rotatable bonds is 5. The van der Waals surface area contributed by atoms with Crippen molar-refractivity contribution in [2.24, 2.45) is 11.8 Å². The minimum Gasteiger partial charge on any atom is -0.387 e. The minimum atomic E-state index is -4.32. The monoisotopic (exact) mass is 342 g/mol. The number of likely N-dealkylation sites (tertiary alicyclic amines) is 1. The van der Waals surface area contributed by atoms with E-state index in [1.807, 2.05) is 0 Å². The lowest BCUT2D eigenvalue weighted by atomic mass is 9.98. The van der Waals surface area contributed by atoms with E-state index in [0.717, 1.165) is 37.1 Å². The van der Waals surface area contributed by atoms with Gasteiger partial charge in [-0.05, 0) is 42.4 Å². The van der Waals surface area contributed by atoms with E-state index in [4.69, 9.17) is 5.11 Å². The Morgan fingerprint density at radius 1 is 1.21 bits per heavy atom. The highest BCUT2D eigenvalue weighted by molar-refractivity contribution is 5.77. The van der Waals surface area contributed by atoms with Gasteiger partial charge in [0.25, 0.3) is 0 Å². The number of aliphatic hydroxyl groups excluding tert-OH is 1. The Balaban J connectivity index is 1.62. The average Bonchev–Trinajstić information content (AvgIpc) is 3.30. The molecule has 1 aromatic carbocycles. The third-order valence-electron chi connectivity index (χ3n) is 4.85. The maximum atomic E-state index is 12.6. The Bertz CT molecular complexity index is 584. The van der Waals surface area contributed by atoms with Crippen LogP contribution in [0, 0.1) is 11.8 Å². The molecule has 0 unspecified atom stereocenters. The number of hydrogen-bond acceptors (Lipinski definition) is 3. The molecule has 1 amide bonds. The van der Waals surface area contributed by atoms with Gasteiger partial charge in [0.1, 0.15) is 6.61 Å². The van der Waals surface area contributed by atoms with Crippen molar-refractivity contribution in [2.45, 2.75) is 31.6 Å². The van der Waals surface area contributed by atoms with Crippen molar-refractivity contribution in [3.05, 3.63) is 35.4 Å². The molecule has 1 saturated heterocycles. The lowest BCUT2D eigenvalue weighted by Gasteiger charge is -2.18. The molecule has 0 radical (unpaired) electrons. The standard InChI is InChI=1S/C17H21F3N2O2/c18-17(19,20)13-5-1-11(2-6-13)7-22-8-14(12-3-4-12)15(9-22)21-16(24)10-23/h1-2,5-6,12,14-15,23H,3-4,7-10H2,(H,21,24)/t14-,15+/m1/s1. The molecule has 2 N–H and O–H groups in total. The predicted molar refractivity (Wildman–Crippen MR) is 82.0 cm³/mol. The lowest BCUT2D eigenvalue weighted by molar-refractivity contribution is -0.137. The Kier molecular flexibility index (Phi) is 4.83. The number of hydrogen-bond donors (Lipinski definition) is 2. The molecule has 132 valence electrons. The van der Waals surface area contributed by atoms with E-state index in [9.17, 15) is 18.0 Å². The van der Waals surface area contributed by atoms with Crippen LogP contribution in [0.2, 0.25) is 0 Å². The summed E-state index contributed by atoms with van der Waals surface area (Å²) in [5.41, 5.74) is 0.184. The Morgan fingerprint density at radius 3 is 2.42 bits per heavy atom. The highest BCUT2D eigenvalue weighted by Crippen LogP contribution is 2.41. The van der Waals surface area contributed by atoms with Crippen LogP contribution in [0.1, 0.15) is 24.0 Å². The smallest absolute Gasteiger partial charge is 0.387 e. The third-order valence-corrected chi connectivity index (χ3v) is 4.85. The van der Waals surface area contributed by atoms with Gasteiger partial charge in [-0.3, -0.25) is 9.69 Å². The fraction of sp³-hybridized carbons (Fsp3) is 0.588. The van der Waals surface area contributed by atoms with Crippen molar-refractivity contribution in [2.75, 3.05) is 19.7 Å². The number of amides is 1. The summed E-state index contributed by atoms with van der Waals surface area (Å²) in [7, 11) is 0. The summed E-state index contributed by atoms with van der Waals surface area (Å²) < 4.78 is 37.8. The number of alkyl halides is 3. The number of carbonyl (C=O) groups excluding carboxylic acids is 1. The number of carbonyl (C=O) groups is 1. The molecule has 7 heteroatoms. The quantitative estimate of drug-likeness (QED) is 0.861. The maximum Gasteiger partial charge on any atom is 0.416 e. The summed E-state index contributed by atoms with van der Waals surface area (Å²) in [4.78, 5) is 13.6. The SMILES string of the molecule is O=C(CO)N[C@H]1CN(Cc2ccc(C(F)(F)F)cc2)C[C@@H]1C1CC1. The Morgan fingerprint density at radius 2 is 1.88 bits per heavy atom.